The molecule has 1 saturated carbocycles. The lowest BCUT2D eigenvalue weighted by molar-refractivity contribution is -0.136. The van der Waals surface area contributed by atoms with Gasteiger partial charge in [-0.25, -0.2) is 4.39 Å². The van der Waals surface area contributed by atoms with Crippen LogP contribution in [-0.4, -0.2) is 58.6 Å². The number of anilines is 2. The van der Waals surface area contributed by atoms with Crippen molar-refractivity contribution in [3.8, 4) is 11.8 Å². The first-order valence-electron chi connectivity index (χ1n) is 21.3. The quantitative estimate of drug-likeness (QED) is 0.0697. The van der Waals surface area contributed by atoms with E-state index in [1.165, 1.54) is 6.07 Å². The number of amides is 5. The highest BCUT2D eigenvalue weighted by molar-refractivity contribution is 6.31. The van der Waals surface area contributed by atoms with E-state index in [4.69, 9.17) is 23.2 Å². The van der Waals surface area contributed by atoms with Crippen LogP contribution in [0.2, 0.25) is 10.0 Å². The van der Waals surface area contributed by atoms with E-state index in [1.807, 2.05) is 29.2 Å². The Kier molecular flexibility index (Phi) is 11.4. The molecular weight excluding hydrogens is 842 g/mol. The van der Waals surface area contributed by atoms with E-state index in [9.17, 15) is 24.0 Å². The molecule has 2 saturated heterocycles. The maximum absolute atomic E-state index is 16.3. The first-order chi connectivity index (χ1) is 30.4. The largest absolute Gasteiger partial charge is 0.355 e. The van der Waals surface area contributed by atoms with Gasteiger partial charge in [0, 0.05) is 76.2 Å². The minimum atomic E-state index is -1.37. The number of carbonyl (C=O) groups excluding carboxylic acids is 5. The maximum atomic E-state index is 16.3. The van der Waals surface area contributed by atoms with Crippen LogP contribution in [0.4, 0.5) is 15.8 Å². The highest BCUT2D eigenvalue weighted by Crippen LogP contribution is 2.63. The van der Waals surface area contributed by atoms with E-state index in [0.717, 1.165) is 41.6 Å². The first-order valence-corrected chi connectivity index (χ1v) is 22.1. The molecule has 63 heavy (non-hydrogen) atoms. The molecule has 0 aromatic heterocycles. The molecule has 4 aliphatic heterocycles. The fourth-order valence-corrected chi connectivity index (χ4v) is 11.0. The van der Waals surface area contributed by atoms with Gasteiger partial charge in [0.25, 0.3) is 5.91 Å². The van der Waals surface area contributed by atoms with Crippen LogP contribution in [-0.2, 0) is 31.1 Å². The van der Waals surface area contributed by atoms with Gasteiger partial charge in [0.1, 0.15) is 17.3 Å². The fraction of sp³-hybridized carbons (Fsp3) is 0.327. The second-order valence-electron chi connectivity index (χ2n) is 16.9. The van der Waals surface area contributed by atoms with Crippen LogP contribution in [0.5, 0.6) is 0 Å². The second-order valence-corrected chi connectivity index (χ2v) is 17.8. The molecule has 4 heterocycles. The van der Waals surface area contributed by atoms with Crippen molar-refractivity contribution < 1.29 is 28.4 Å². The molecule has 9 rings (SSSR count). The number of imide groups is 1. The zero-order valence-electron chi connectivity index (χ0n) is 34.3. The molecule has 4 aromatic rings. The lowest BCUT2D eigenvalue weighted by atomic mass is 9.55. The van der Waals surface area contributed by atoms with E-state index < -0.39 is 40.7 Å². The van der Waals surface area contributed by atoms with Gasteiger partial charge in [-0.2, -0.15) is 0 Å². The maximum Gasteiger partial charge on any atom is 0.251 e. The number of fused-ring (bicyclic) bond motifs is 4. The molecule has 5 aliphatic rings. The van der Waals surface area contributed by atoms with Gasteiger partial charge in [0.15, 0.2) is 0 Å². The van der Waals surface area contributed by atoms with Crippen molar-refractivity contribution in [1.29, 1.82) is 0 Å². The van der Waals surface area contributed by atoms with Crippen molar-refractivity contribution in [2.45, 2.75) is 93.3 Å². The SMILES string of the molecule is C=C1c2cccc(C#CCCCNC(=O)c3cccc(NC(=O)[C@@H]4NC5(CCCCC5)[C@@]5(C(=O)Nc6cc(Cl)ccc65)[C@H]4c4cccc(Cl)c4F)c3)c2CN1C1CCC(=O)NC1=O. The van der Waals surface area contributed by atoms with E-state index in [1.54, 1.807) is 48.5 Å². The summed E-state index contributed by atoms with van der Waals surface area (Å²) in [7, 11) is 0. The zero-order chi connectivity index (χ0) is 44.0. The van der Waals surface area contributed by atoms with Crippen LogP contribution in [0.3, 0.4) is 0 Å². The van der Waals surface area contributed by atoms with Gasteiger partial charge in [-0.1, -0.05) is 97.3 Å². The summed E-state index contributed by atoms with van der Waals surface area (Å²) in [6.45, 7) is 5.05. The molecule has 4 aromatic carbocycles. The summed E-state index contributed by atoms with van der Waals surface area (Å²) < 4.78 is 16.3. The van der Waals surface area contributed by atoms with Gasteiger partial charge in [-0.15, -0.1) is 0 Å². The van der Waals surface area contributed by atoms with E-state index in [-0.39, 0.29) is 40.6 Å². The van der Waals surface area contributed by atoms with Crippen LogP contribution < -0.4 is 26.6 Å². The summed E-state index contributed by atoms with van der Waals surface area (Å²) in [6.07, 6.45) is 5.57. The van der Waals surface area contributed by atoms with E-state index >= 15 is 4.39 Å². The average Bonchev–Trinajstić information content (AvgIpc) is 3.87. The van der Waals surface area contributed by atoms with Crippen LogP contribution >= 0.6 is 23.2 Å². The molecule has 0 bridgehead atoms. The Labute approximate surface area is 374 Å². The summed E-state index contributed by atoms with van der Waals surface area (Å²) >= 11 is 12.8. The topological polar surface area (TPSA) is 149 Å². The highest BCUT2D eigenvalue weighted by Gasteiger charge is 2.72. The number of nitrogens with one attached hydrogen (secondary N) is 5. The molecule has 4 atom stereocenters. The third-order valence-electron chi connectivity index (χ3n) is 13.4. The highest BCUT2D eigenvalue weighted by atomic mass is 35.5. The summed E-state index contributed by atoms with van der Waals surface area (Å²) in [5, 5.41) is 15.3. The molecule has 1 unspecified atom stereocenters. The number of carbonyl (C=O) groups is 5. The number of nitrogens with zero attached hydrogens (tertiary/aromatic N) is 1. The molecule has 11 nitrogen and oxygen atoms in total. The van der Waals surface area contributed by atoms with Crippen molar-refractivity contribution in [2.75, 3.05) is 17.2 Å². The van der Waals surface area contributed by atoms with Crippen molar-refractivity contribution in [2.24, 2.45) is 0 Å². The third kappa shape index (κ3) is 7.36. The van der Waals surface area contributed by atoms with Gasteiger partial charge in [-0.3, -0.25) is 34.6 Å². The van der Waals surface area contributed by atoms with Crippen LogP contribution in [0.25, 0.3) is 5.70 Å². The Morgan fingerprint density at radius 1 is 0.952 bits per heavy atom. The summed E-state index contributed by atoms with van der Waals surface area (Å²) in [5.41, 5.74) is 3.27. The predicted octanol–water partition coefficient (Wildman–Crippen LogP) is 7.57. The van der Waals surface area contributed by atoms with Gasteiger partial charge >= 0.3 is 0 Å². The van der Waals surface area contributed by atoms with Crippen LogP contribution in [0.15, 0.2) is 85.4 Å². The number of hydrogen-bond acceptors (Lipinski definition) is 7. The Balaban J connectivity index is 0.885. The standard InChI is InChI=1S/C49H45Cl2FN6O5/c1-28-33-15-9-12-29(35(33)27-58(28)39-20-21-40(59)56-45(39)61)11-4-2-7-24-53-44(60)30-13-8-14-32(25-30)54-46(62)43-41(34-16-10-17-37(51)42(34)52)49(48(57-43)22-5-3-6-23-48)36-19-18-31(50)26-38(36)55-47(49)63/h8-10,12-19,25-26,39,41,43,57H,1-3,5-7,20-24,27H2,(H,53,60)(H,54,62)(H,55,63)(H,56,59,61)/t39?,41-,43+,49+/m0/s1. The summed E-state index contributed by atoms with van der Waals surface area (Å²) in [5.74, 6) is 3.06. The second kappa shape index (κ2) is 16.9. The number of hydrogen-bond donors (Lipinski definition) is 5. The number of halogens is 3. The van der Waals surface area contributed by atoms with Gasteiger partial charge in [-0.05, 0) is 84.8 Å². The van der Waals surface area contributed by atoms with Crippen LogP contribution in [0.1, 0.15) is 102 Å². The molecule has 5 amide bonds. The van der Waals surface area contributed by atoms with E-state index in [0.29, 0.717) is 72.7 Å². The first kappa shape index (κ1) is 42.3. The molecule has 2 spiro atoms. The zero-order valence-corrected chi connectivity index (χ0v) is 35.9. The Bertz CT molecular complexity index is 2670. The molecule has 3 fully saturated rings. The third-order valence-corrected chi connectivity index (χ3v) is 14.0. The average molecular weight is 888 g/mol. The smallest absolute Gasteiger partial charge is 0.251 e. The molecule has 1 aliphatic carbocycles. The molecular formula is C49H45Cl2FN6O5. The minimum Gasteiger partial charge on any atom is -0.355 e. The summed E-state index contributed by atoms with van der Waals surface area (Å²) in [4.78, 5) is 68.9. The van der Waals surface area contributed by atoms with Gasteiger partial charge < -0.3 is 20.9 Å². The normalized spacial score (nSPS) is 23.2. The van der Waals surface area contributed by atoms with Crippen molar-refractivity contribution in [3.05, 3.63) is 135 Å². The predicted molar refractivity (Wildman–Crippen MR) is 239 cm³/mol. The fourth-order valence-electron chi connectivity index (χ4n) is 10.7. The monoisotopic (exact) mass is 886 g/mol. The molecule has 322 valence electrons. The van der Waals surface area contributed by atoms with Crippen molar-refractivity contribution in [1.82, 2.24) is 20.9 Å². The molecule has 5 N–H and O–H groups in total. The molecule has 0 radical (unpaired) electrons. The van der Waals surface area contributed by atoms with Crippen molar-refractivity contribution >= 4 is 69.8 Å². The lowest BCUT2D eigenvalue weighted by Gasteiger charge is -2.47. The van der Waals surface area contributed by atoms with Gasteiger partial charge in [0.05, 0.1) is 11.1 Å². The number of rotatable bonds is 8. The number of piperidine rings is 1. The Morgan fingerprint density at radius 2 is 1.75 bits per heavy atom. The molecule has 14 heteroatoms. The Morgan fingerprint density at radius 3 is 2.56 bits per heavy atom. The Hall–Kier alpha value is -6.00. The number of benzene rings is 4. The lowest BCUT2D eigenvalue weighted by Crippen LogP contribution is -2.60. The van der Waals surface area contributed by atoms with Crippen LogP contribution in [0, 0.1) is 17.7 Å². The number of unbranched alkanes of at least 4 members (excludes halogenated alkanes) is 1. The minimum absolute atomic E-state index is 0.113. The van der Waals surface area contributed by atoms with E-state index in [2.05, 4.69) is 45.0 Å². The van der Waals surface area contributed by atoms with Gasteiger partial charge in [0.2, 0.25) is 23.6 Å². The van der Waals surface area contributed by atoms with Crippen molar-refractivity contribution in [3.63, 3.8) is 0 Å². The summed E-state index contributed by atoms with van der Waals surface area (Å²) in [6, 6.07) is 20.8.